The standard InChI is InChI=1S/C28H39N3O5/c1-27(2,3)36-26(34)31-23(24(32)35-18-19-11-7-6-8-12-19)17-29-25(33)30-22-15-16-28(4,5)21-14-10-9-13-20(21)22/h6-14,22-24,32H,15-18H2,1-5H3,(H,31,34)(H2,29,30,33)/t22?,23-,24?/m0/s1. The number of rotatable bonds is 8. The van der Waals surface area contributed by atoms with Gasteiger partial charge in [-0.05, 0) is 55.7 Å². The highest BCUT2D eigenvalue weighted by Gasteiger charge is 2.33. The van der Waals surface area contributed by atoms with Gasteiger partial charge in [0.1, 0.15) is 11.6 Å². The third-order valence-corrected chi connectivity index (χ3v) is 6.22. The molecule has 0 aromatic heterocycles. The van der Waals surface area contributed by atoms with Gasteiger partial charge < -0.3 is 30.5 Å². The third-order valence-electron chi connectivity index (χ3n) is 6.22. The maximum absolute atomic E-state index is 12.8. The van der Waals surface area contributed by atoms with E-state index in [-0.39, 0.29) is 30.6 Å². The Morgan fingerprint density at radius 2 is 1.75 bits per heavy atom. The number of amides is 3. The highest BCUT2D eigenvalue weighted by atomic mass is 16.6. The largest absolute Gasteiger partial charge is 0.444 e. The molecule has 1 aliphatic carbocycles. The zero-order valence-electron chi connectivity index (χ0n) is 21.8. The monoisotopic (exact) mass is 497 g/mol. The minimum absolute atomic E-state index is 0.0495. The van der Waals surface area contributed by atoms with Gasteiger partial charge in [0.15, 0.2) is 6.29 Å². The summed E-state index contributed by atoms with van der Waals surface area (Å²) < 4.78 is 10.9. The Morgan fingerprint density at radius 1 is 1.08 bits per heavy atom. The Labute approximate surface area is 213 Å². The van der Waals surface area contributed by atoms with Crippen LogP contribution in [0.25, 0.3) is 0 Å². The molecule has 2 aromatic rings. The van der Waals surface area contributed by atoms with Crippen LogP contribution in [0, 0.1) is 0 Å². The summed E-state index contributed by atoms with van der Waals surface area (Å²) in [4.78, 5) is 25.2. The average Bonchev–Trinajstić information content (AvgIpc) is 2.82. The maximum Gasteiger partial charge on any atom is 0.408 e. The lowest BCUT2D eigenvalue weighted by Crippen LogP contribution is -2.53. The quantitative estimate of drug-likeness (QED) is 0.401. The lowest BCUT2D eigenvalue weighted by Gasteiger charge is -2.37. The number of aliphatic hydroxyl groups excluding tert-OH is 1. The molecule has 0 heterocycles. The van der Waals surface area contributed by atoms with Crippen molar-refractivity contribution < 1.29 is 24.2 Å². The van der Waals surface area contributed by atoms with Crippen molar-refractivity contribution in [3.05, 3.63) is 71.3 Å². The summed E-state index contributed by atoms with van der Waals surface area (Å²) in [5.74, 6) is 0. The highest BCUT2D eigenvalue weighted by Crippen LogP contribution is 2.41. The van der Waals surface area contributed by atoms with E-state index < -0.39 is 24.0 Å². The summed E-state index contributed by atoms with van der Waals surface area (Å²) >= 11 is 0. The van der Waals surface area contributed by atoms with Gasteiger partial charge in [0, 0.05) is 6.54 Å². The molecule has 0 spiro atoms. The van der Waals surface area contributed by atoms with Gasteiger partial charge in [-0.3, -0.25) is 0 Å². The van der Waals surface area contributed by atoms with Crippen LogP contribution in [-0.2, 0) is 21.5 Å². The van der Waals surface area contributed by atoms with Crippen molar-refractivity contribution in [1.82, 2.24) is 16.0 Å². The number of urea groups is 1. The summed E-state index contributed by atoms with van der Waals surface area (Å²) in [7, 11) is 0. The Balaban J connectivity index is 1.62. The molecule has 0 fully saturated rings. The fourth-order valence-electron chi connectivity index (χ4n) is 4.33. The van der Waals surface area contributed by atoms with Crippen LogP contribution >= 0.6 is 0 Å². The van der Waals surface area contributed by atoms with Gasteiger partial charge in [-0.1, -0.05) is 68.4 Å². The van der Waals surface area contributed by atoms with Crippen molar-refractivity contribution >= 4 is 12.1 Å². The number of fused-ring (bicyclic) bond motifs is 1. The minimum Gasteiger partial charge on any atom is -0.444 e. The summed E-state index contributed by atoms with van der Waals surface area (Å²) in [6, 6.07) is 16.1. The average molecular weight is 498 g/mol. The molecule has 2 aromatic carbocycles. The van der Waals surface area contributed by atoms with Gasteiger partial charge in [0.25, 0.3) is 0 Å². The molecule has 1 aliphatic rings. The van der Waals surface area contributed by atoms with Crippen LogP contribution in [0.15, 0.2) is 54.6 Å². The zero-order valence-corrected chi connectivity index (χ0v) is 21.8. The first-order chi connectivity index (χ1) is 16.9. The molecular formula is C28H39N3O5. The second-order valence-corrected chi connectivity index (χ2v) is 10.9. The molecule has 0 bridgehead atoms. The van der Waals surface area contributed by atoms with Crippen LogP contribution < -0.4 is 16.0 Å². The number of nitrogens with one attached hydrogen (secondary N) is 3. The van der Waals surface area contributed by atoms with Crippen molar-refractivity contribution in [3.63, 3.8) is 0 Å². The molecule has 0 aliphatic heterocycles. The predicted molar refractivity (Wildman–Crippen MR) is 138 cm³/mol. The molecule has 36 heavy (non-hydrogen) atoms. The summed E-state index contributed by atoms with van der Waals surface area (Å²) in [5.41, 5.74) is 2.55. The first kappa shape index (κ1) is 27.5. The molecule has 0 saturated carbocycles. The lowest BCUT2D eigenvalue weighted by molar-refractivity contribution is -0.126. The molecule has 8 nitrogen and oxygen atoms in total. The zero-order chi connectivity index (χ0) is 26.3. The summed E-state index contributed by atoms with van der Waals surface area (Å²) in [6.07, 6.45) is -0.307. The molecular weight excluding hydrogens is 458 g/mol. The number of alkyl carbamates (subject to hydrolysis) is 1. The van der Waals surface area contributed by atoms with Gasteiger partial charge in [-0.25, -0.2) is 9.59 Å². The Hall–Kier alpha value is -3.10. The van der Waals surface area contributed by atoms with Gasteiger partial charge >= 0.3 is 12.1 Å². The van der Waals surface area contributed by atoms with Gasteiger partial charge in [-0.2, -0.15) is 0 Å². The molecule has 2 unspecified atom stereocenters. The second-order valence-electron chi connectivity index (χ2n) is 10.9. The number of carbonyl (C=O) groups excluding carboxylic acids is 2. The Morgan fingerprint density at radius 3 is 2.44 bits per heavy atom. The second kappa shape index (κ2) is 11.8. The van der Waals surface area contributed by atoms with Crippen LogP contribution in [0.3, 0.4) is 0 Å². The molecule has 196 valence electrons. The number of hydrogen-bond donors (Lipinski definition) is 4. The molecule has 3 atom stereocenters. The molecule has 0 radical (unpaired) electrons. The van der Waals surface area contributed by atoms with E-state index in [2.05, 4.69) is 41.9 Å². The van der Waals surface area contributed by atoms with Gasteiger partial charge in [0.05, 0.1) is 12.6 Å². The van der Waals surface area contributed by atoms with E-state index in [9.17, 15) is 14.7 Å². The van der Waals surface area contributed by atoms with Crippen molar-refractivity contribution in [2.24, 2.45) is 0 Å². The highest BCUT2D eigenvalue weighted by molar-refractivity contribution is 5.75. The predicted octanol–water partition coefficient (Wildman–Crippen LogP) is 4.53. The number of hydrogen-bond acceptors (Lipinski definition) is 5. The number of carbonyl (C=O) groups is 2. The first-order valence-electron chi connectivity index (χ1n) is 12.4. The van der Waals surface area contributed by atoms with Crippen molar-refractivity contribution in [1.29, 1.82) is 0 Å². The number of aliphatic hydroxyl groups is 1. The van der Waals surface area contributed by atoms with Crippen molar-refractivity contribution in [2.75, 3.05) is 6.54 Å². The molecule has 0 saturated heterocycles. The lowest BCUT2D eigenvalue weighted by atomic mass is 9.71. The topological polar surface area (TPSA) is 109 Å². The van der Waals surface area contributed by atoms with E-state index in [0.29, 0.717) is 0 Å². The molecule has 8 heteroatoms. The van der Waals surface area contributed by atoms with Crippen molar-refractivity contribution in [3.8, 4) is 0 Å². The smallest absolute Gasteiger partial charge is 0.408 e. The molecule has 4 N–H and O–H groups in total. The van der Waals surface area contributed by atoms with E-state index in [1.807, 2.05) is 42.5 Å². The fraction of sp³-hybridized carbons (Fsp3) is 0.500. The van der Waals surface area contributed by atoms with E-state index in [1.165, 1.54) is 5.56 Å². The SMILES string of the molecule is CC(C)(C)OC(=O)N[C@@H](CNC(=O)NC1CCC(C)(C)c2ccccc21)C(O)OCc1ccccc1. The maximum atomic E-state index is 12.8. The van der Waals surface area contributed by atoms with Crippen LogP contribution in [0.4, 0.5) is 9.59 Å². The third kappa shape index (κ3) is 7.96. The summed E-state index contributed by atoms with van der Waals surface area (Å²) in [5, 5.41) is 19.1. The van der Waals surface area contributed by atoms with E-state index in [0.717, 1.165) is 24.0 Å². The van der Waals surface area contributed by atoms with E-state index in [4.69, 9.17) is 9.47 Å². The minimum atomic E-state index is -1.37. The first-order valence-corrected chi connectivity index (χ1v) is 12.4. The number of ether oxygens (including phenoxy) is 2. The van der Waals surface area contributed by atoms with Gasteiger partial charge in [-0.15, -0.1) is 0 Å². The summed E-state index contributed by atoms with van der Waals surface area (Å²) in [6.45, 7) is 9.77. The van der Waals surface area contributed by atoms with E-state index in [1.54, 1.807) is 20.8 Å². The normalized spacial score (nSPS) is 18.3. The van der Waals surface area contributed by atoms with Crippen molar-refractivity contribution in [2.45, 2.75) is 83.5 Å². The van der Waals surface area contributed by atoms with Gasteiger partial charge in [0.2, 0.25) is 0 Å². The van der Waals surface area contributed by atoms with Crippen LogP contribution in [0.5, 0.6) is 0 Å². The van der Waals surface area contributed by atoms with E-state index >= 15 is 0 Å². The van der Waals surface area contributed by atoms with Crippen LogP contribution in [0.2, 0.25) is 0 Å². The number of benzene rings is 2. The molecule has 3 rings (SSSR count). The molecule has 3 amide bonds. The van der Waals surface area contributed by atoms with Crippen LogP contribution in [0.1, 0.15) is 70.2 Å². The Bertz CT molecular complexity index is 1020. The fourth-order valence-corrected chi connectivity index (χ4v) is 4.33. The van der Waals surface area contributed by atoms with Crippen LogP contribution in [-0.4, -0.2) is 41.7 Å². The Kier molecular flexibility index (Phi) is 8.98.